The topological polar surface area (TPSA) is 52.6 Å². The second-order valence-electron chi connectivity index (χ2n) is 6.77. The van der Waals surface area contributed by atoms with Gasteiger partial charge in [-0.2, -0.15) is 0 Å². The summed E-state index contributed by atoms with van der Waals surface area (Å²) in [5, 5.41) is 2.56. The minimum Gasteiger partial charge on any atom is -0.371 e. The monoisotopic (exact) mass is 369 g/mol. The van der Waals surface area contributed by atoms with Crippen LogP contribution in [0, 0.1) is 5.82 Å². The number of nitrogens with zero attached hydrogens (tertiary/aromatic N) is 2. The van der Waals surface area contributed by atoms with Crippen LogP contribution in [0.25, 0.3) is 0 Å². The molecule has 1 aliphatic rings. The molecule has 0 unspecified atom stereocenters. The number of benzene rings is 2. The van der Waals surface area contributed by atoms with Crippen LogP contribution in [0.5, 0.6) is 0 Å². The molecule has 6 heteroatoms. The summed E-state index contributed by atoms with van der Waals surface area (Å²) in [5.41, 5.74) is 2.45. The number of amides is 2. The van der Waals surface area contributed by atoms with Crippen molar-refractivity contribution < 1.29 is 14.0 Å². The molecule has 1 N–H and O–H groups in total. The molecular formula is C21H24FN3O2. The first-order chi connectivity index (χ1) is 13.0. The molecule has 1 fully saturated rings. The first-order valence-corrected chi connectivity index (χ1v) is 9.15. The standard InChI is InChI=1S/C21H24FN3O2/c1-24(15-17-7-2-3-10-19(17)25-11-4-5-12-25)20(26)14-23-21(27)16-8-6-9-18(22)13-16/h2-3,6-10,13H,4-5,11-12,14-15H2,1H3,(H,23,27). The van der Waals surface area contributed by atoms with Crippen LogP contribution < -0.4 is 10.2 Å². The quantitative estimate of drug-likeness (QED) is 0.852. The molecule has 2 amide bonds. The first-order valence-electron chi connectivity index (χ1n) is 9.15. The summed E-state index contributed by atoms with van der Waals surface area (Å²) in [6.07, 6.45) is 2.38. The second kappa shape index (κ2) is 8.66. The number of halogens is 1. The minimum atomic E-state index is -0.482. The van der Waals surface area contributed by atoms with Crippen molar-refractivity contribution in [3.8, 4) is 0 Å². The zero-order valence-corrected chi connectivity index (χ0v) is 15.5. The lowest BCUT2D eigenvalue weighted by atomic mass is 10.1. The van der Waals surface area contributed by atoms with Gasteiger partial charge in [-0.3, -0.25) is 9.59 Å². The highest BCUT2D eigenvalue weighted by atomic mass is 19.1. The van der Waals surface area contributed by atoms with Gasteiger partial charge in [0.25, 0.3) is 5.91 Å². The summed E-state index contributed by atoms with van der Waals surface area (Å²) < 4.78 is 13.2. The largest absolute Gasteiger partial charge is 0.371 e. The van der Waals surface area contributed by atoms with E-state index in [2.05, 4.69) is 16.3 Å². The molecular weight excluding hydrogens is 345 g/mol. The normalized spacial score (nSPS) is 13.5. The highest BCUT2D eigenvalue weighted by Gasteiger charge is 2.18. The molecule has 5 nitrogen and oxygen atoms in total. The van der Waals surface area contributed by atoms with Crippen LogP contribution in [0.1, 0.15) is 28.8 Å². The lowest BCUT2D eigenvalue weighted by Gasteiger charge is -2.24. The molecule has 0 aliphatic carbocycles. The zero-order valence-electron chi connectivity index (χ0n) is 15.5. The Kier molecular flexibility index (Phi) is 6.06. The second-order valence-corrected chi connectivity index (χ2v) is 6.77. The molecule has 142 valence electrons. The molecule has 0 aromatic heterocycles. The van der Waals surface area contributed by atoms with E-state index in [0.29, 0.717) is 6.54 Å². The lowest BCUT2D eigenvalue weighted by Crippen LogP contribution is -2.38. The Morgan fingerprint density at radius 2 is 1.85 bits per heavy atom. The van der Waals surface area contributed by atoms with E-state index in [9.17, 15) is 14.0 Å². The van der Waals surface area contributed by atoms with Gasteiger partial charge in [0.05, 0.1) is 6.54 Å². The van der Waals surface area contributed by atoms with Crippen LogP contribution in [0.4, 0.5) is 10.1 Å². The van der Waals surface area contributed by atoms with Crippen LogP contribution in [-0.4, -0.2) is 43.4 Å². The average Bonchev–Trinajstić information content (AvgIpc) is 3.20. The van der Waals surface area contributed by atoms with Crippen LogP contribution in [0.2, 0.25) is 0 Å². The van der Waals surface area contributed by atoms with Crippen LogP contribution >= 0.6 is 0 Å². The van der Waals surface area contributed by atoms with Gasteiger partial charge in [0, 0.05) is 37.9 Å². The Hall–Kier alpha value is -2.89. The summed E-state index contributed by atoms with van der Waals surface area (Å²) in [6, 6.07) is 13.5. The van der Waals surface area contributed by atoms with Gasteiger partial charge in [-0.15, -0.1) is 0 Å². The van der Waals surface area contributed by atoms with Crippen molar-refractivity contribution in [2.75, 3.05) is 31.6 Å². The van der Waals surface area contributed by atoms with Gasteiger partial charge in [-0.25, -0.2) is 4.39 Å². The predicted molar refractivity (Wildman–Crippen MR) is 103 cm³/mol. The van der Waals surface area contributed by atoms with Crippen molar-refractivity contribution in [1.82, 2.24) is 10.2 Å². The van der Waals surface area contributed by atoms with E-state index >= 15 is 0 Å². The maximum absolute atomic E-state index is 13.2. The maximum atomic E-state index is 13.2. The van der Waals surface area contributed by atoms with Gasteiger partial charge < -0.3 is 15.1 Å². The van der Waals surface area contributed by atoms with Gasteiger partial charge in [0.2, 0.25) is 5.91 Å². The van der Waals surface area contributed by atoms with Gasteiger partial charge >= 0.3 is 0 Å². The number of hydrogen-bond acceptors (Lipinski definition) is 3. The van der Waals surface area contributed by atoms with Gasteiger partial charge in [0.1, 0.15) is 5.82 Å². The number of para-hydroxylation sites is 1. The van der Waals surface area contributed by atoms with Crippen LogP contribution in [0.3, 0.4) is 0 Å². The molecule has 0 radical (unpaired) electrons. The molecule has 1 heterocycles. The number of anilines is 1. The lowest BCUT2D eigenvalue weighted by molar-refractivity contribution is -0.129. The molecule has 0 bridgehead atoms. The average molecular weight is 369 g/mol. The van der Waals surface area contributed by atoms with E-state index in [1.54, 1.807) is 11.9 Å². The third-order valence-electron chi connectivity index (χ3n) is 4.76. The van der Waals surface area contributed by atoms with E-state index in [1.165, 1.54) is 36.7 Å². The Balaban J connectivity index is 1.57. The third kappa shape index (κ3) is 4.84. The van der Waals surface area contributed by atoms with Crippen molar-refractivity contribution in [2.24, 2.45) is 0 Å². The zero-order chi connectivity index (χ0) is 19.2. The number of hydrogen-bond donors (Lipinski definition) is 1. The summed E-state index contributed by atoms with van der Waals surface area (Å²) in [5.74, 6) is -1.14. The Morgan fingerprint density at radius 1 is 1.11 bits per heavy atom. The molecule has 27 heavy (non-hydrogen) atoms. The number of likely N-dealkylation sites (N-methyl/N-ethyl adjacent to an activating group) is 1. The molecule has 2 aromatic carbocycles. The third-order valence-corrected chi connectivity index (χ3v) is 4.76. The fourth-order valence-corrected chi connectivity index (χ4v) is 3.28. The van der Waals surface area contributed by atoms with Crippen molar-refractivity contribution in [3.05, 3.63) is 65.5 Å². The summed E-state index contributed by atoms with van der Waals surface area (Å²) in [7, 11) is 1.72. The van der Waals surface area contributed by atoms with E-state index < -0.39 is 11.7 Å². The summed E-state index contributed by atoms with van der Waals surface area (Å²) >= 11 is 0. The predicted octanol–water partition coefficient (Wildman–Crippen LogP) is 2.81. The van der Waals surface area contributed by atoms with E-state index in [-0.39, 0.29) is 18.0 Å². The molecule has 0 spiro atoms. The summed E-state index contributed by atoms with van der Waals surface area (Å²) in [4.78, 5) is 28.4. The van der Waals surface area contributed by atoms with Crippen LogP contribution in [-0.2, 0) is 11.3 Å². The number of rotatable bonds is 6. The van der Waals surface area contributed by atoms with Crippen molar-refractivity contribution >= 4 is 17.5 Å². The van der Waals surface area contributed by atoms with Crippen LogP contribution in [0.15, 0.2) is 48.5 Å². The van der Waals surface area contributed by atoms with Crippen molar-refractivity contribution in [2.45, 2.75) is 19.4 Å². The van der Waals surface area contributed by atoms with E-state index in [4.69, 9.17) is 0 Å². The highest BCUT2D eigenvalue weighted by molar-refractivity contribution is 5.96. The molecule has 2 aromatic rings. The molecule has 1 aliphatic heterocycles. The SMILES string of the molecule is CN(Cc1ccccc1N1CCCC1)C(=O)CNC(=O)c1cccc(F)c1. The highest BCUT2D eigenvalue weighted by Crippen LogP contribution is 2.25. The Labute approximate surface area is 158 Å². The maximum Gasteiger partial charge on any atom is 0.251 e. The smallest absolute Gasteiger partial charge is 0.251 e. The number of carbonyl (C=O) groups is 2. The van der Waals surface area contributed by atoms with Gasteiger partial charge in [0.15, 0.2) is 0 Å². The van der Waals surface area contributed by atoms with E-state index in [0.717, 1.165) is 24.7 Å². The van der Waals surface area contributed by atoms with E-state index in [1.807, 2.05) is 18.2 Å². The Morgan fingerprint density at radius 3 is 2.59 bits per heavy atom. The first kappa shape index (κ1) is 18.9. The Bertz CT molecular complexity index is 819. The fourth-order valence-electron chi connectivity index (χ4n) is 3.28. The van der Waals surface area contributed by atoms with Crippen molar-refractivity contribution in [1.29, 1.82) is 0 Å². The number of nitrogens with one attached hydrogen (secondary N) is 1. The van der Waals surface area contributed by atoms with Crippen molar-refractivity contribution in [3.63, 3.8) is 0 Å². The number of carbonyl (C=O) groups excluding carboxylic acids is 2. The van der Waals surface area contributed by atoms with Gasteiger partial charge in [-0.1, -0.05) is 24.3 Å². The summed E-state index contributed by atoms with van der Waals surface area (Å²) in [6.45, 7) is 2.43. The minimum absolute atomic E-state index is 0.127. The molecule has 3 rings (SSSR count). The fraction of sp³-hybridized carbons (Fsp3) is 0.333. The molecule has 1 saturated heterocycles. The van der Waals surface area contributed by atoms with Gasteiger partial charge in [-0.05, 0) is 42.7 Å². The molecule has 0 saturated carbocycles. The molecule has 0 atom stereocenters.